The Labute approximate surface area is 186 Å². The molecule has 1 N–H and O–H groups in total. The molecule has 2 aromatic carbocycles. The van der Waals surface area contributed by atoms with Gasteiger partial charge in [-0.15, -0.1) is 0 Å². The molecule has 0 aliphatic heterocycles. The second-order valence-electron chi connectivity index (χ2n) is 7.62. The highest BCUT2D eigenvalue weighted by atomic mass is 16.6. The van der Waals surface area contributed by atoms with Gasteiger partial charge in [0.2, 0.25) is 5.91 Å². The van der Waals surface area contributed by atoms with Crippen LogP contribution in [0.15, 0.2) is 54.7 Å². The van der Waals surface area contributed by atoms with Gasteiger partial charge in [-0.2, -0.15) is 0 Å². The number of benzene rings is 2. The zero-order chi connectivity index (χ0) is 23.1. The van der Waals surface area contributed by atoms with Gasteiger partial charge in [0.15, 0.2) is 0 Å². The maximum absolute atomic E-state index is 12.6. The number of hydrogen-bond acceptors (Lipinski definition) is 5. The molecular formula is C24H27N3O5. The number of para-hydroxylation sites is 1. The van der Waals surface area contributed by atoms with E-state index in [0.717, 1.165) is 11.9 Å². The molecule has 32 heavy (non-hydrogen) atoms. The van der Waals surface area contributed by atoms with Crippen molar-refractivity contribution in [2.24, 2.45) is 7.05 Å². The molecule has 3 rings (SSSR count). The van der Waals surface area contributed by atoms with Crippen LogP contribution in [0.5, 0.6) is 0 Å². The molecular weight excluding hydrogens is 410 g/mol. The van der Waals surface area contributed by atoms with Crippen LogP contribution >= 0.6 is 0 Å². The molecule has 0 aliphatic rings. The van der Waals surface area contributed by atoms with Crippen LogP contribution in [0.2, 0.25) is 0 Å². The molecule has 1 atom stereocenters. The fourth-order valence-corrected chi connectivity index (χ4v) is 3.82. The zero-order valence-electron chi connectivity index (χ0n) is 18.2. The molecule has 0 radical (unpaired) electrons. The van der Waals surface area contributed by atoms with Gasteiger partial charge in [-0.25, -0.2) is 0 Å². The molecule has 1 amide bonds. The largest absolute Gasteiger partial charge is 0.466 e. The lowest BCUT2D eigenvalue weighted by Gasteiger charge is -2.18. The van der Waals surface area contributed by atoms with E-state index < -0.39 is 16.9 Å². The molecule has 1 heterocycles. The molecule has 3 aromatic rings. The van der Waals surface area contributed by atoms with Gasteiger partial charge in [0.05, 0.1) is 24.0 Å². The van der Waals surface area contributed by atoms with Crippen molar-refractivity contribution in [3.63, 3.8) is 0 Å². The van der Waals surface area contributed by atoms with E-state index in [0.29, 0.717) is 12.0 Å². The van der Waals surface area contributed by atoms with E-state index in [4.69, 9.17) is 4.74 Å². The monoisotopic (exact) mass is 437 g/mol. The van der Waals surface area contributed by atoms with Crippen molar-refractivity contribution in [3.8, 4) is 0 Å². The standard InChI is InChI=1S/C24H27N3O5/c1-3-32-24(29)15-21(17-8-6-10-19(14-17)27(30)31)25-23(28)13-7-9-18-16-26(2)22-12-5-4-11-20(18)22/h4-6,8,10-12,14,16,21H,3,7,9,13,15H2,1-2H3,(H,25,28). The lowest BCUT2D eigenvalue weighted by Crippen LogP contribution is -2.30. The Balaban J connectivity index is 1.65. The fourth-order valence-electron chi connectivity index (χ4n) is 3.82. The van der Waals surface area contributed by atoms with Crippen LogP contribution in [-0.4, -0.2) is 28.0 Å². The van der Waals surface area contributed by atoms with E-state index in [1.165, 1.54) is 29.1 Å². The minimum absolute atomic E-state index is 0.0932. The summed E-state index contributed by atoms with van der Waals surface area (Å²) in [6, 6.07) is 13.4. The normalized spacial score (nSPS) is 11.8. The van der Waals surface area contributed by atoms with Gasteiger partial charge in [0.25, 0.3) is 5.69 Å². The third-order valence-electron chi connectivity index (χ3n) is 5.32. The summed E-state index contributed by atoms with van der Waals surface area (Å²) >= 11 is 0. The van der Waals surface area contributed by atoms with E-state index in [1.807, 2.05) is 19.2 Å². The summed E-state index contributed by atoms with van der Waals surface area (Å²) in [7, 11) is 2.00. The second-order valence-corrected chi connectivity index (χ2v) is 7.62. The molecule has 0 saturated heterocycles. The minimum Gasteiger partial charge on any atom is -0.466 e. The molecule has 168 valence electrons. The average Bonchev–Trinajstić information content (AvgIpc) is 3.09. The van der Waals surface area contributed by atoms with Crippen LogP contribution in [0.4, 0.5) is 5.69 Å². The predicted molar refractivity (Wildman–Crippen MR) is 121 cm³/mol. The lowest BCUT2D eigenvalue weighted by atomic mass is 10.0. The van der Waals surface area contributed by atoms with Crippen molar-refractivity contribution in [3.05, 3.63) is 76.0 Å². The van der Waals surface area contributed by atoms with Crippen LogP contribution < -0.4 is 5.32 Å². The maximum Gasteiger partial charge on any atom is 0.308 e. The van der Waals surface area contributed by atoms with Crippen LogP contribution in [0.3, 0.4) is 0 Å². The van der Waals surface area contributed by atoms with Gasteiger partial charge in [-0.05, 0) is 37.0 Å². The number of non-ortho nitro benzene ring substituents is 1. The summed E-state index contributed by atoms with van der Waals surface area (Å²) in [6.45, 7) is 1.92. The van der Waals surface area contributed by atoms with Gasteiger partial charge in [-0.3, -0.25) is 19.7 Å². The van der Waals surface area contributed by atoms with E-state index in [1.54, 1.807) is 13.0 Å². The van der Waals surface area contributed by atoms with Crippen LogP contribution in [0, 0.1) is 10.1 Å². The highest BCUT2D eigenvalue weighted by Crippen LogP contribution is 2.24. The topological polar surface area (TPSA) is 103 Å². The van der Waals surface area contributed by atoms with Gasteiger partial charge in [0, 0.05) is 42.7 Å². The number of nitrogens with zero attached hydrogens (tertiary/aromatic N) is 2. The van der Waals surface area contributed by atoms with Crippen LogP contribution in [0.25, 0.3) is 10.9 Å². The number of hydrogen-bond donors (Lipinski definition) is 1. The Morgan fingerprint density at radius 1 is 1.19 bits per heavy atom. The van der Waals surface area contributed by atoms with E-state index in [2.05, 4.69) is 28.2 Å². The van der Waals surface area contributed by atoms with Gasteiger partial charge >= 0.3 is 5.97 Å². The predicted octanol–water partition coefficient (Wildman–Crippen LogP) is 4.22. The number of rotatable bonds is 10. The summed E-state index contributed by atoms with van der Waals surface area (Å²) in [6.07, 6.45) is 3.64. The first-order valence-corrected chi connectivity index (χ1v) is 10.6. The van der Waals surface area contributed by atoms with E-state index in [9.17, 15) is 19.7 Å². The van der Waals surface area contributed by atoms with Crippen molar-refractivity contribution >= 4 is 28.5 Å². The summed E-state index contributed by atoms with van der Waals surface area (Å²) in [5.41, 5.74) is 2.72. The summed E-state index contributed by atoms with van der Waals surface area (Å²) in [5, 5.41) is 15.1. The SMILES string of the molecule is CCOC(=O)CC(NC(=O)CCCc1cn(C)c2ccccc12)c1cccc([N+](=O)[O-])c1. The third-order valence-corrected chi connectivity index (χ3v) is 5.32. The number of amides is 1. The molecule has 0 spiro atoms. The summed E-state index contributed by atoms with van der Waals surface area (Å²) in [5.74, 6) is -0.689. The molecule has 8 nitrogen and oxygen atoms in total. The Hall–Kier alpha value is -3.68. The molecule has 8 heteroatoms. The average molecular weight is 437 g/mol. The van der Waals surface area contributed by atoms with Gasteiger partial charge in [-0.1, -0.05) is 30.3 Å². The molecule has 1 aromatic heterocycles. The molecule has 0 bridgehead atoms. The van der Waals surface area contributed by atoms with Crippen molar-refractivity contribution in [2.75, 3.05) is 6.61 Å². The van der Waals surface area contributed by atoms with Crippen molar-refractivity contribution in [1.82, 2.24) is 9.88 Å². The number of aromatic nitrogens is 1. The van der Waals surface area contributed by atoms with Crippen LogP contribution in [-0.2, 0) is 27.8 Å². The Morgan fingerprint density at radius 3 is 2.72 bits per heavy atom. The first-order valence-electron chi connectivity index (χ1n) is 10.6. The first-order chi connectivity index (χ1) is 15.4. The minimum atomic E-state index is -0.695. The fraction of sp³-hybridized carbons (Fsp3) is 0.333. The van der Waals surface area contributed by atoms with E-state index >= 15 is 0 Å². The van der Waals surface area contributed by atoms with Crippen LogP contribution in [0.1, 0.15) is 43.4 Å². The van der Waals surface area contributed by atoms with Crippen molar-refractivity contribution < 1.29 is 19.2 Å². The number of carbonyl (C=O) groups excluding carboxylic acids is 2. The maximum atomic E-state index is 12.6. The third kappa shape index (κ3) is 5.72. The molecule has 0 aliphatic carbocycles. The van der Waals surface area contributed by atoms with Gasteiger partial charge < -0.3 is 14.6 Å². The number of nitro benzene ring substituents is 1. The number of aryl methyl sites for hydroxylation is 2. The second kappa shape index (κ2) is 10.6. The summed E-state index contributed by atoms with van der Waals surface area (Å²) < 4.78 is 7.08. The summed E-state index contributed by atoms with van der Waals surface area (Å²) in [4.78, 5) is 35.3. The smallest absolute Gasteiger partial charge is 0.308 e. The zero-order valence-corrected chi connectivity index (χ0v) is 18.2. The molecule has 0 saturated carbocycles. The van der Waals surface area contributed by atoms with E-state index in [-0.39, 0.29) is 31.0 Å². The molecule has 0 fully saturated rings. The first kappa shape index (κ1) is 23.0. The Bertz CT molecular complexity index is 1120. The number of fused-ring (bicyclic) bond motifs is 1. The number of nitro groups is 1. The Morgan fingerprint density at radius 2 is 1.97 bits per heavy atom. The lowest BCUT2D eigenvalue weighted by molar-refractivity contribution is -0.384. The van der Waals surface area contributed by atoms with Gasteiger partial charge in [0.1, 0.15) is 0 Å². The number of ether oxygens (including phenoxy) is 1. The number of esters is 1. The highest BCUT2D eigenvalue weighted by molar-refractivity contribution is 5.84. The number of nitrogens with one attached hydrogen (secondary N) is 1. The Kier molecular flexibility index (Phi) is 7.59. The van der Waals surface area contributed by atoms with Crippen molar-refractivity contribution in [2.45, 2.75) is 38.6 Å². The molecule has 1 unspecified atom stereocenters. The number of carbonyl (C=O) groups is 2. The highest BCUT2D eigenvalue weighted by Gasteiger charge is 2.21. The quantitative estimate of drug-likeness (QED) is 0.291. The van der Waals surface area contributed by atoms with Crippen molar-refractivity contribution in [1.29, 1.82) is 0 Å².